The minimum absolute atomic E-state index is 0.0382. The lowest BCUT2D eigenvalue weighted by atomic mass is 9.88. The van der Waals surface area contributed by atoms with Gasteiger partial charge in [0.15, 0.2) is 5.13 Å². The van der Waals surface area contributed by atoms with Gasteiger partial charge in [-0.3, -0.25) is 4.90 Å². The third kappa shape index (κ3) is 6.03. The predicted octanol–water partition coefficient (Wildman–Crippen LogP) is 3.52. The van der Waals surface area contributed by atoms with Crippen molar-refractivity contribution in [1.29, 1.82) is 5.26 Å². The van der Waals surface area contributed by atoms with Gasteiger partial charge >= 0.3 is 0 Å². The average molecular weight is 446 g/mol. The fraction of sp³-hybridized carbons (Fsp3) is 0.619. The summed E-state index contributed by atoms with van der Waals surface area (Å²) in [6, 6.07) is 5.11. The molecule has 1 aliphatic heterocycles. The smallest absolute Gasteiger partial charge is 0.228 e. The quantitative estimate of drug-likeness (QED) is 0.504. The van der Waals surface area contributed by atoms with Crippen molar-refractivity contribution in [3.05, 3.63) is 17.1 Å². The molecular weight excluding hydrogens is 414 g/mol. The van der Waals surface area contributed by atoms with Crippen LogP contribution < -0.4 is 15.4 Å². The molecule has 1 saturated heterocycles. The Balaban J connectivity index is 1.74. The fourth-order valence-electron chi connectivity index (χ4n) is 4.18. The summed E-state index contributed by atoms with van der Waals surface area (Å²) in [5.74, 6) is 1.56. The zero-order chi connectivity index (χ0) is 22.2. The molecule has 0 aromatic carbocycles. The molecule has 31 heavy (non-hydrogen) atoms. The van der Waals surface area contributed by atoms with Gasteiger partial charge in [0.2, 0.25) is 11.8 Å². The molecule has 0 amide bonds. The van der Waals surface area contributed by atoms with Gasteiger partial charge in [-0.15, -0.1) is 0 Å². The number of methoxy groups -OCH3 is 1. The molecule has 3 rings (SSSR count). The molecule has 2 unspecified atom stereocenters. The number of nitrogens with one attached hydrogen (secondary N) is 2. The van der Waals surface area contributed by atoms with Gasteiger partial charge < -0.3 is 20.5 Å². The molecule has 0 spiro atoms. The summed E-state index contributed by atoms with van der Waals surface area (Å²) in [5.41, 5.74) is 0. The van der Waals surface area contributed by atoms with E-state index in [1.807, 2.05) is 0 Å². The molecule has 2 aromatic rings. The molecule has 9 nitrogen and oxygen atoms in total. The largest absolute Gasteiger partial charge is 0.481 e. The normalized spacial score (nSPS) is 21.5. The van der Waals surface area contributed by atoms with Crippen LogP contribution in [0, 0.1) is 11.3 Å². The number of aliphatic hydroxyl groups is 1. The van der Waals surface area contributed by atoms with Crippen molar-refractivity contribution >= 4 is 28.2 Å². The molecular formula is C21H31N7O2S. The first-order valence-electron chi connectivity index (χ1n) is 10.7. The summed E-state index contributed by atoms with van der Waals surface area (Å²) in [5, 5.41) is 25.6. The lowest BCUT2D eigenvalue weighted by molar-refractivity contribution is 0.0734. The van der Waals surface area contributed by atoms with E-state index in [1.165, 1.54) is 11.3 Å². The Labute approximate surface area is 187 Å². The number of aliphatic hydroxyl groups excluding tert-OH is 1. The van der Waals surface area contributed by atoms with Gasteiger partial charge in [0.1, 0.15) is 5.82 Å². The maximum Gasteiger partial charge on any atom is 0.228 e. The van der Waals surface area contributed by atoms with Crippen LogP contribution in [-0.4, -0.2) is 56.7 Å². The number of likely N-dealkylation sites (tertiary alicyclic amines) is 1. The van der Waals surface area contributed by atoms with Gasteiger partial charge in [-0.25, -0.2) is 4.98 Å². The molecule has 2 atom stereocenters. The van der Waals surface area contributed by atoms with Gasteiger partial charge in [-0.1, -0.05) is 25.2 Å². The summed E-state index contributed by atoms with van der Waals surface area (Å²) in [6.45, 7) is 5.20. The highest BCUT2D eigenvalue weighted by molar-refractivity contribution is 7.15. The monoisotopic (exact) mass is 445 g/mol. The van der Waals surface area contributed by atoms with E-state index in [-0.39, 0.29) is 12.6 Å². The second kappa shape index (κ2) is 11.2. The van der Waals surface area contributed by atoms with Gasteiger partial charge in [-0.05, 0) is 25.7 Å². The first kappa shape index (κ1) is 23.2. The predicted molar refractivity (Wildman–Crippen MR) is 122 cm³/mol. The van der Waals surface area contributed by atoms with Crippen LogP contribution >= 0.6 is 11.3 Å². The second-order valence-corrected chi connectivity index (χ2v) is 8.73. The number of thiazole rings is 1. The number of nitriles is 1. The standard InChI is InChI=1S/C21H31N7O2S/c1-4-15-9-14(10-16(5-2)28(15)8-6-7-22)24-20-25-18(11-19(27-20)30-3)26-21-23-12-17(13-29)31-21/h11-12,14-16,29H,4-6,8-10,13H2,1-3H3,(H2,23,24,25,26,27). The SMILES string of the molecule is CCC1CC(Nc2nc(Nc3ncc(CO)s3)cc(OC)n2)CC(CC)N1CCC#N. The number of hydrogen-bond acceptors (Lipinski definition) is 10. The number of anilines is 3. The van der Waals surface area contributed by atoms with Crippen LogP contribution in [0.5, 0.6) is 5.88 Å². The number of rotatable bonds is 10. The minimum Gasteiger partial charge on any atom is -0.481 e. The summed E-state index contributed by atoms with van der Waals surface area (Å²) in [7, 11) is 1.58. The van der Waals surface area contributed by atoms with Crippen molar-refractivity contribution in [2.24, 2.45) is 0 Å². The van der Waals surface area contributed by atoms with Gasteiger partial charge in [0.25, 0.3) is 0 Å². The van der Waals surface area contributed by atoms with Crippen LogP contribution in [-0.2, 0) is 6.61 Å². The molecule has 1 aliphatic rings. The summed E-state index contributed by atoms with van der Waals surface area (Å²) in [4.78, 5) is 16.6. The van der Waals surface area contributed by atoms with Crippen molar-refractivity contribution in [3.63, 3.8) is 0 Å². The Hall–Kier alpha value is -2.48. The first-order chi connectivity index (χ1) is 15.1. The number of aromatic nitrogens is 3. The van der Waals surface area contributed by atoms with Crippen LogP contribution in [0.15, 0.2) is 12.3 Å². The van der Waals surface area contributed by atoms with Gasteiger partial charge in [-0.2, -0.15) is 15.2 Å². The van der Waals surface area contributed by atoms with E-state index in [0.717, 1.165) is 37.1 Å². The number of piperidine rings is 1. The molecule has 168 valence electrons. The summed E-state index contributed by atoms with van der Waals surface area (Å²) < 4.78 is 5.37. The fourth-order valence-corrected chi connectivity index (χ4v) is 4.85. The molecule has 3 heterocycles. The van der Waals surface area contributed by atoms with Crippen LogP contribution in [0.3, 0.4) is 0 Å². The highest BCUT2D eigenvalue weighted by Crippen LogP contribution is 2.30. The first-order valence-corrected chi connectivity index (χ1v) is 11.6. The molecule has 0 radical (unpaired) electrons. The maximum atomic E-state index is 9.24. The summed E-state index contributed by atoms with van der Waals surface area (Å²) in [6.07, 6.45) is 6.25. The lowest BCUT2D eigenvalue weighted by Gasteiger charge is -2.45. The van der Waals surface area contributed by atoms with E-state index in [0.29, 0.717) is 41.3 Å². The Bertz CT molecular complexity index is 871. The van der Waals surface area contributed by atoms with Crippen LogP contribution in [0.1, 0.15) is 50.8 Å². The maximum absolute atomic E-state index is 9.24. The molecule has 10 heteroatoms. The van der Waals surface area contributed by atoms with E-state index < -0.39 is 0 Å². The van der Waals surface area contributed by atoms with Crippen molar-refractivity contribution < 1.29 is 9.84 Å². The summed E-state index contributed by atoms with van der Waals surface area (Å²) >= 11 is 1.37. The molecule has 0 aliphatic carbocycles. The van der Waals surface area contributed by atoms with Gasteiger partial charge in [0.05, 0.1) is 24.7 Å². The molecule has 3 N–H and O–H groups in total. The van der Waals surface area contributed by atoms with Crippen molar-refractivity contribution in [3.8, 4) is 11.9 Å². The van der Waals surface area contributed by atoms with Gasteiger partial charge in [0, 0.05) is 43.4 Å². The second-order valence-electron chi connectivity index (χ2n) is 7.62. The van der Waals surface area contributed by atoms with E-state index in [9.17, 15) is 5.11 Å². The lowest BCUT2D eigenvalue weighted by Crippen LogP contribution is -2.52. The van der Waals surface area contributed by atoms with Crippen LogP contribution in [0.25, 0.3) is 0 Å². The van der Waals surface area contributed by atoms with E-state index in [4.69, 9.17) is 10.00 Å². The zero-order valence-corrected chi connectivity index (χ0v) is 19.2. The highest BCUT2D eigenvalue weighted by Gasteiger charge is 2.33. The van der Waals surface area contributed by atoms with Crippen LogP contribution in [0.4, 0.5) is 16.9 Å². The Morgan fingerprint density at radius 1 is 1.29 bits per heavy atom. The average Bonchev–Trinajstić information content (AvgIpc) is 3.24. The minimum atomic E-state index is -0.0382. The van der Waals surface area contributed by atoms with E-state index >= 15 is 0 Å². The molecule has 0 saturated carbocycles. The molecule has 1 fully saturated rings. The van der Waals surface area contributed by atoms with Crippen molar-refractivity contribution in [2.75, 3.05) is 24.3 Å². The molecule has 0 bridgehead atoms. The van der Waals surface area contributed by atoms with Crippen molar-refractivity contribution in [1.82, 2.24) is 19.9 Å². The van der Waals surface area contributed by atoms with E-state index in [1.54, 1.807) is 19.4 Å². The zero-order valence-electron chi connectivity index (χ0n) is 18.3. The molecule has 2 aromatic heterocycles. The van der Waals surface area contributed by atoms with Crippen molar-refractivity contribution in [2.45, 2.75) is 70.7 Å². The highest BCUT2D eigenvalue weighted by atomic mass is 32.1. The number of hydrogen-bond donors (Lipinski definition) is 3. The topological polar surface area (TPSA) is 119 Å². The third-order valence-corrected chi connectivity index (χ3v) is 6.56. The number of ether oxygens (including phenoxy) is 1. The Morgan fingerprint density at radius 3 is 2.61 bits per heavy atom. The van der Waals surface area contributed by atoms with Crippen LogP contribution in [0.2, 0.25) is 0 Å². The number of nitrogens with zero attached hydrogens (tertiary/aromatic N) is 5. The Kier molecular flexibility index (Phi) is 8.40. The van der Waals surface area contributed by atoms with E-state index in [2.05, 4.69) is 50.4 Å². The third-order valence-electron chi connectivity index (χ3n) is 5.66. The Morgan fingerprint density at radius 2 is 2.03 bits per heavy atom.